The van der Waals surface area contributed by atoms with Crippen LogP contribution in [-0.2, 0) is 12.8 Å². The van der Waals surface area contributed by atoms with Crippen LogP contribution in [0.3, 0.4) is 0 Å². The lowest BCUT2D eigenvalue weighted by molar-refractivity contribution is 0.616. The molecule has 20 heavy (non-hydrogen) atoms. The fourth-order valence-electron chi connectivity index (χ4n) is 2.81. The van der Waals surface area contributed by atoms with Crippen molar-refractivity contribution < 1.29 is 0 Å². The Labute approximate surface area is 124 Å². The number of rotatable bonds is 4. The molecule has 0 saturated heterocycles. The normalized spacial score (nSPS) is 15.9. The summed E-state index contributed by atoms with van der Waals surface area (Å²) in [5.41, 5.74) is 3.86. The van der Waals surface area contributed by atoms with Gasteiger partial charge in [-0.3, -0.25) is 4.98 Å². The molecule has 0 bridgehead atoms. The van der Waals surface area contributed by atoms with E-state index < -0.39 is 0 Å². The number of aromatic nitrogens is 2. The van der Waals surface area contributed by atoms with Crippen molar-refractivity contribution in [3.63, 3.8) is 0 Å². The zero-order valence-electron chi connectivity index (χ0n) is 12.1. The van der Waals surface area contributed by atoms with Crippen LogP contribution in [0.25, 0.3) is 0 Å². The molecular formula is C16H21N3S. The van der Waals surface area contributed by atoms with Crippen LogP contribution in [0.5, 0.6) is 0 Å². The minimum Gasteiger partial charge on any atom is -0.304 e. The molecule has 1 aliphatic carbocycles. The van der Waals surface area contributed by atoms with Crippen molar-refractivity contribution in [1.29, 1.82) is 0 Å². The van der Waals surface area contributed by atoms with Crippen LogP contribution in [-0.4, -0.2) is 16.5 Å². The zero-order chi connectivity index (χ0) is 13.9. The molecule has 1 atom stereocenters. The molecule has 0 spiro atoms. The fraction of sp³-hybridized carbons (Fsp3) is 0.500. The summed E-state index contributed by atoms with van der Waals surface area (Å²) >= 11 is 1.89. The Bertz CT molecular complexity index is 568. The molecule has 106 valence electrons. The predicted molar refractivity (Wildman–Crippen MR) is 83.2 cm³/mol. The van der Waals surface area contributed by atoms with Crippen LogP contribution in [0.4, 0.5) is 0 Å². The Morgan fingerprint density at radius 1 is 1.35 bits per heavy atom. The van der Waals surface area contributed by atoms with Crippen LogP contribution in [0.15, 0.2) is 18.5 Å². The van der Waals surface area contributed by atoms with Gasteiger partial charge in [-0.25, -0.2) is 4.98 Å². The lowest BCUT2D eigenvalue weighted by atomic mass is 10.0. The highest BCUT2D eigenvalue weighted by molar-refractivity contribution is 7.11. The molecule has 2 heterocycles. The quantitative estimate of drug-likeness (QED) is 0.936. The van der Waals surface area contributed by atoms with E-state index in [0.717, 1.165) is 13.0 Å². The van der Waals surface area contributed by atoms with Crippen molar-refractivity contribution in [3.8, 4) is 0 Å². The van der Waals surface area contributed by atoms with Crippen molar-refractivity contribution in [2.24, 2.45) is 0 Å². The van der Waals surface area contributed by atoms with E-state index in [4.69, 9.17) is 4.98 Å². The number of thiazole rings is 1. The van der Waals surface area contributed by atoms with E-state index in [0.29, 0.717) is 0 Å². The number of nitrogens with one attached hydrogen (secondary N) is 1. The second-order valence-corrected chi connectivity index (χ2v) is 6.47. The molecule has 0 fully saturated rings. The SMILES string of the molecule is CCNC(c1nc2c(s1)CCCC2)c1cnccc1C. The Morgan fingerprint density at radius 3 is 2.95 bits per heavy atom. The summed E-state index contributed by atoms with van der Waals surface area (Å²) in [4.78, 5) is 10.7. The highest BCUT2D eigenvalue weighted by Crippen LogP contribution is 2.33. The van der Waals surface area contributed by atoms with Crippen molar-refractivity contribution >= 4 is 11.3 Å². The smallest absolute Gasteiger partial charge is 0.115 e. The van der Waals surface area contributed by atoms with E-state index in [1.165, 1.54) is 46.0 Å². The number of hydrogen-bond donors (Lipinski definition) is 1. The average Bonchev–Trinajstić information content (AvgIpc) is 2.89. The minimum absolute atomic E-state index is 0.185. The summed E-state index contributed by atoms with van der Waals surface area (Å²) in [5.74, 6) is 0. The minimum atomic E-state index is 0.185. The molecule has 1 N–H and O–H groups in total. The molecule has 4 heteroatoms. The zero-order valence-corrected chi connectivity index (χ0v) is 13.0. The van der Waals surface area contributed by atoms with E-state index in [1.54, 1.807) is 0 Å². The largest absolute Gasteiger partial charge is 0.304 e. The van der Waals surface area contributed by atoms with Gasteiger partial charge < -0.3 is 5.32 Å². The number of pyridine rings is 1. The summed E-state index contributed by atoms with van der Waals surface area (Å²) in [5, 5.41) is 4.78. The maximum atomic E-state index is 4.92. The second-order valence-electron chi connectivity index (χ2n) is 5.35. The first-order valence-electron chi connectivity index (χ1n) is 7.42. The second kappa shape index (κ2) is 6.02. The van der Waals surface area contributed by atoms with Crippen LogP contribution in [0.2, 0.25) is 0 Å². The van der Waals surface area contributed by atoms with E-state index >= 15 is 0 Å². The highest BCUT2D eigenvalue weighted by atomic mass is 32.1. The van der Waals surface area contributed by atoms with E-state index in [1.807, 2.05) is 23.7 Å². The van der Waals surface area contributed by atoms with Crippen molar-refractivity contribution in [2.45, 2.75) is 45.6 Å². The van der Waals surface area contributed by atoms with Gasteiger partial charge in [0.25, 0.3) is 0 Å². The number of hydrogen-bond acceptors (Lipinski definition) is 4. The average molecular weight is 287 g/mol. The molecular weight excluding hydrogens is 266 g/mol. The highest BCUT2D eigenvalue weighted by Gasteiger charge is 2.22. The molecule has 2 aromatic heterocycles. The van der Waals surface area contributed by atoms with Gasteiger partial charge in [0.2, 0.25) is 0 Å². The van der Waals surface area contributed by atoms with Gasteiger partial charge in [0.1, 0.15) is 5.01 Å². The molecule has 0 aliphatic heterocycles. The Hall–Kier alpha value is -1.26. The monoisotopic (exact) mass is 287 g/mol. The van der Waals surface area contributed by atoms with Crippen molar-refractivity contribution in [3.05, 3.63) is 45.2 Å². The Kier molecular flexibility index (Phi) is 4.13. The molecule has 1 aliphatic rings. The maximum absolute atomic E-state index is 4.92. The summed E-state index contributed by atoms with van der Waals surface area (Å²) < 4.78 is 0. The topological polar surface area (TPSA) is 37.8 Å². The molecule has 0 amide bonds. The first-order chi connectivity index (χ1) is 9.79. The van der Waals surface area contributed by atoms with Gasteiger partial charge in [0.15, 0.2) is 0 Å². The number of aryl methyl sites for hydroxylation is 3. The van der Waals surface area contributed by atoms with Gasteiger partial charge in [-0.05, 0) is 56.3 Å². The summed E-state index contributed by atoms with van der Waals surface area (Å²) in [6.45, 7) is 5.23. The summed E-state index contributed by atoms with van der Waals surface area (Å²) in [6, 6.07) is 2.26. The van der Waals surface area contributed by atoms with Gasteiger partial charge in [-0.15, -0.1) is 11.3 Å². The van der Waals surface area contributed by atoms with Crippen LogP contribution in [0, 0.1) is 6.92 Å². The first kappa shape index (κ1) is 13.7. The van der Waals surface area contributed by atoms with Gasteiger partial charge in [-0.2, -0.15) is 0 Å². The van der Waals surface area contributed by atoms with Crippen molar-refractivity contribution in [1.82, 2.24) is 15.3 Å². The fourth-order valence-corrected chi connectivity index (χ4v) is 4.06. The lowest BCUT2D eigenvalue weighted by Gasteiger charge is -2.17. The Balaban J connectivity index is 1.98. The predicted octanol–water partition coefficient (Wildman–Crippen LogP) is 3.42. The molecule has 0 radical (unpaired) electrons. The Morgan fingerprint density at radius 2 is 2.20 bits per heavy atom. The molecule has 3 nitrogen and oxygen atoms in total. The van der Waals surface area contributed by atoms with E-state index in [-0.39, 0.29) is 6.04 Å². The number of nitrogens with zero attached hydrogens (tertiary/aromatic N) is 2. The first-order valence-corrected chi connectivity index (χ1v) is 8.23. The molecule has 3 rings (SSSR count). The number of fused-ring (bicyclic) bond motifs is 1. The van der Waals surface area contributed by atoms with E-state index in [9.17, 15) is 0 Å². The van der Waals surface area contributed by atoms with Gasteiger partial charge in [0.05, 0.1) is 11.7 Å². The van der Waals surface area contributed by atoms with Gasteiger partial charge >= 0.3 is 0 Å². The maximum Gasteiger partial charge on any atom is 0.115 e. The van der Waals surface area contributed by atoms with Crippen LogP contribution >= 0.6 is 11.3 Å². The molecule has 2 aromatic rings. The third kappa shape index (κ3) is 2.63. The van der Waals surface area contributed by atoms with Gasteiger partial charge in [-0.1, -0.05) is 6.92 Å². The van der Waals surface area contributed by atoms with Crippen molar-refractivity contribution in [2.75, 3.05) is 6.54 Å². The standard InChI is InChI=1S/C16H21N3S/c1-3-18-15(12-10-17-9-8-11(12)2)16-19-13-6-4-5-7-14(13)20-16/h8-10,15,18H,3-7H2,1-2H3. The molecule has 1 unspecified atom stereocenters. The summed E-state index contributed by atoms with van der Waals surface area (Å²) in [7, 11) is 0. The third-order valence-corrected chi connectivity index (χ3v) is 5.13. The molecule has 0 aromatic carbocycles. The molecule has 0 saturated carbocycles. The van der Waals surface area contributed by atoms with Gasteiger partial charge in [0, 0.05) is 17.3 Å². The van der Waals surface area contributed by atoms with Crippen LogP contribution in [0.1, 0.15) is 52.5 Å². The van der Waals surface area contributed by atoms with E-state index in [2.05, 4.69) is 30.2 Å². The summed E-state index contributed by atoms with van der Waals surface area (Å²) in [6.07, 6.45) is 8.78. The third-order valence-electron chi connectivity index (χ3n) is 3.91. The van der Waals surface area contributed by atoms with Crippen LogP contribution < -0.4 is 5.32 Å². The lowest BCUT2D eigenvalue weighted by Crippen LogP contribution is -2.22.